The minimum absolute atomic E-state index is 0.0370. The van der Waals surface area contributed by atoms with Gasteiger partial charge in [0.1, 0.15) is 5.15 Å². The van der Waals surface area contributed by atoms with Crippen LogP contribution in [0.15, 0.2) is 42.6 Å². The molecule has 0 aliphatic carbocycles. The number of anilines is 1. The first kappa shape index (κ1) is 22.5. The highest BCUT2D eigenvalue weighted by Crippen LogP contribution is 2.22. The summed E-state index contributed by atoms with van der Waals surface area (Å²) >= 11 is 6.10. The lowest BCUT2D eigenvalue weighted by Gasteiger charge is -2.42. The number of rotatable bonds is 5. The molecular formula is C21H25ClN6O3. The van der Waals surface area contributed by atoms with Crippen molar-refractivity contribution in [2.75, 3.05) is 31.5 Å². The first-order valence-corrected chi connectivity index (χ1v) is 10.3. The molecule has 1 aromatic heterocycles. The van der Waals surface area contributed by atoms with Crippen molar-refractivity contribution >= 4 is 35.1 Å². The molecule has 1 saturated heterocycles. The molecule has 10 heteroatoms. The second-order valence-electron chi connectivity index (χ2n) is 7.14. The van der Waals surface area contributed by atoms with Crippen LogP contribution in [0.5, 0.6) is 0 Å². The van der Waals surface area contributed by atoms with Crippen LogP contribution >= 0.6 is 11.6 Å². The van der Waals surface area contributed by atoms with E-state index in [4.69, 9.17) is 17.3 Å². The molecule has 0 radical (unpaired) electrons. The normalized spacial score (nSPS) is 16.0. The number of nitrogens with zero attached hydrogens (tertiary/aromatic N) is 3. The highest BCUT2D eigenvalue weighted by molar-refractivity contribution is 6.32. The van der Waals surface area contributed by atoms with Gasteiger partial charge in [0, 0.05) is 38.1 Å². The Morgan fingerprint density at radius 2 is 1.97 bits per heavy atom. The smallest absolute Gasteiger partial charge is 0.323 e. The Hall–Kier alpha value is -3.17. The quantitative estimate of drug-likeness (QED) is 0.607. The predicted molar refractivity (Wildman–Crippen MR) is 118 cm³/mol. The minimum atomic E-state index is -1.14. The molecule has 1 atom stereocenters. The van der Waals surface area contributed by atoms with Gasteiger partial charge in [0.15, 0.2) is 6.17 Å². The molecule has 1 aromatic carbocycles. The van der Waals surface area contributed by atoms with E-state index in [0.717, 1.165) is 5.56 Å². The number of hydrogen-bond donors (Lipinski definition) is 3. The van der Waals surface area contributed by atoms with Crippen molar-refractivity contribution in [1.29, 1.82) is 0 Å². The van der Waals surface area contributed by atoms with Gasteiger partial charge in [0.2, 0.25) is 0 Å². The summed E-state index contributed by atoms with van der Waals surface area (Å²) in [6.45, 7) is 2.97. The zero-order chi connectivity index (χ0) is 22.4. The Balaban J connectivity index is 1.89. The van der Waals surface area contributed by atoms with E-state index >= 15 is 0 Å². The molecule has 164 valence electrons. The van der Waals surface area contributed by atoms with Gasteiger partial charge in [0.25, 0.3) is 11.8 Å². The van der Waals surface area contributed by atoms with E-state index < -0.39 is 24.0 Å². The van der Waals surface area contributed by atoms with Crippen LogP contribution in [-0.4, -0.2) is 65.0 Å². The zero-order valence-corrected chi connectivity index (χ0v) is 17.9. The first-order chi connectivity index (χ1) is 14.9. The van der Waals surface area contributed by atoms with Crippen molar-refractivity contribution in [1.82, 2.24) is 20.1 Å². The number of aryl methyl sites for hydroxylation is 1. The van der Waals surface area contributed by atoms with Crippen LogP contribution in [0, 0.1) is 6.92 Å². The van der Waals surface area contributed by atoms with Gasteiger partial charge in [-0.1, -0.05) is 23.7 Å². The monoisotopic (exact) mass is 444 g/mol. The Kier molecular flexibility index (Phi) is 7.43. The van der Waals surface area contributed by atoms with E-state index in [1.807, 2.05) is 25.1 Å². The minimum Gasteiger partial charge on any atom is -0.351 e. The summed E-state index contributed by atoms with van der Waals surface area (Å²) in [4.78, 5) is 45.9. The van der Waals surface area contributed by atoms with Crippen molar-refractivity contribution in [3.8, 4) is 0 Å². The van der Waals surface area contributed by atoms with E-state index in [0.29, 0.717) is 25.2 Å². The highest BCUT2D eigenvalue weighted by atomic mass is 35.5. The van der Waals surface area contributed by atoms with Crippen molar-refractivity contribution in [3.63, 3.8) is 0 Å². The summed E-state index contributed by atoms with van der Waals surface area (Å²) in [5, 5.41) is 5.53. The number of nitrogens with one attached hydrogen (secondary N) is 2. The van der Waals surface area contributed by atoms with Gasteiger partial charge in [-0.3, -0.25) is 14.5 Å². The van der Waals surface area contributed by atoms with Gasteiger partial charge >= 0.3 is 6.03 Å². The molecular weight excluding hydrogens is 420 g/mol. The largest absolute Gasteiger partial charge is 0.351 e. The highest BCUT2D eigenvalue weighted by Gasteiger charge is 2.41. The summed E-state index contributed by atoms with van der Waals surface area (Å²) < 4.78 is 0. The molecule has 0 saturated carbocycles. The number of amides is 4. The summed E-state index contributed by atoms with van der Waals surface area (Å²) in [5.74, 6) is -0.961. The molecule has 4 N–H and O–H groups in total. The molecule has 1 unspecified atom stereocenters. The summed E-state index contributed by atoms with van der Waals surface area (Å²) in [5.41, 5.74) is 7.26. The molecule has 1 aliphatic heterocycles. The molecule has 3 rings (SSSR count). The maximum Gasteiger partial charge on any atom is 0.323 e. The van der Waals surface area contributed by atoms with E-state index in [9.17, 15) is 14.4 Å². The third kappa shape index (κ3) is 5.31. The Labute approximate surface area is 185 Å². The fourth-order valence-corrected chi connectivity index (χ4v) is 3.64. The van der Waals surface area contributed by atoms with E-state index in [-0.39, 0.29) is 23.8 Å². The molecule has 0 bridgehead atoms. The van der Waals surface area contributed by atoms with Crippen LogP contribution in [0.3, 0.4) is 0 Å². The Morgan fingerprint density at radius 3 is 2.68 bits per heavy atom. The van der Waals surface area contributed by atoms with Crippen LogP contribution in [0.4, 0.5) is 10.5 Å². The molecule has 9 nitrogen and oxygen atoms in total. The number of pyridine rings is 1. The number of urea groups is 1. The number of carbonyl (C=O) groups excluding carboxylic acids is 3. The maximum atomic E-state index is 13.2. The second-order valence-corrected chi connectivity index (χ2v) is 7.50. The lowest BCUT2D eigenvalue weighted by Crippen LogP contribution is -2.64. The molecule has 2 aromatic rings. The van der Waals surface area contributed by atoms with Gasteiger partial charge in [-0.25, -0.2) is 9.78 Å². The summed E-state index contributed by atoms with van der Waals surface area (Å²) in [6.07, 6.45) is 0.835. The Morgan fingerprint density at radius 1 is 1.19 bits per heavy atom. The molecule has 1 fully saturated rings. The van der Waals surface area contributed by atoms with Crippen molar-refractivity contribution in [2.24, 2.45) is 5.73 Å². The summed E-state index contributed by atoms with van der Waals surface area (Å²) in [7, 11) is 0. The van der Waals surface area contributed by atoms with Crippen molar-refractivity contribution < 1.29 is 14.4 Å². The number of halogens is 1. The maximum absolute atomic E-state index is 13.2. The molecule has 1 aliphatic rings. The molecule has 4 amide bonds. The van der Waals surface area contributed by atoms with Gasteiger partial charge in [0.05, 0.1) is 5.56 Å². The predicted octanol–water partition coefficient (Wildman–Crippen LogP) is 1.82. The average molecular weight is 445 g/mol. The van der Waals surface area contributed by atoms with Gasteiger partial charge in [-0.05, 0) is 43.2 Å². The van der Waals surface area contributed by atoms with Gasteiger partial charge in [-0.15, -0.1) is 0 Å². The summed E-state index contributed by atoms with van der Waals surface area (Å²) in [6, 6.07) is 9.98. The number of hydrogen-bond acceptors (Lipinski definition) is 5. The van der Waals surface area contributed by atoms with Crippen LogP contribution in [-0.2, 0) is 4.79 Å². The van der Waals surface area contributed by atoms with Crippen LogP contribution in [0.2, 0.25) is 5.15 Å². The van der Waals surface area contributed by atoms with E-state index in [1.54, 1.807) is 12.1 Å². The third-order valence-electron chi connectivity index (χ3n) is 4.85. The lowest BCUT2D eigenvalue weighted by molar-refractivity contribution is -0.132. The van der Waals surface area contributed by atoms with Gasteiger partial charge < -0.3 is 21.3 Å². The van der Waals surface area contributed by atoms with E-state index in [2.05, 4.69) is 15.6 Å². The average Bonchev–Trinajstić information content (AvgIpc) is 2.76. The van der Waals surface area contributed by atoms with Crippen LogP contribution in [0.25, 0.3) is 0 Å². The fraction of sp³-hybridized carbons (Fsp3) is 0.333. The van der Waals surface area contributed by atoms with Crippen LogP contribution in [0.1, 0.15) is 22.3 Å². The number of aromatic nitrogens is 1. The fourth-order valence-electron chi connectivity index (χ4n) is 3.44. The standard InChI is InChI=1S/C21H25ClN6O3/c1-14-5-2-6-15(13-14)26-21(31)28-12-4-11-27(19(28)18(29)25-10-8-23)20(30)16-7-3-9-24-17(16)22/h2-3,5-7,9,13,19H,4,8,10-12,23H2,1H3,(H,25,29)(H,26,31). The molecule has 31 heavy (non-hydrogen) atoms. The SMILES string of the molecule is Cc1cccc(NC(=O)N2CCCN(C(=O)c3cccnc3Cl)C2C(=O)NCCN)c1. The number of nitrogens with two attached hydrogens (primary N) is 1. The zero-order valence-electron chi connectivity index (χ0n) is 17.2. The molecule has 0 spiro atoms. The van der Waals surface area contributed by atoms with Crippen molar-refractivity contribution in [3.05, 3.63) is 58.9 Å². The number of carbonyl (C=O) groups is 3. The third-order valence-corrected chi connectivity index (χ3v) is 5.15. The van der Waals surface area contributed by atoms with Gasteiger partial charge in [-0.2, -0.15) is 0 Å². The second kappa shape index (κ2) is 10.2. The van der Waals surface area contributed by atoms with Crippen LogP contribution < -0.4 is 16.4 Å². The van der Waals surface area contributed by atoms with E-state index in [1.165, 1.54) is 22.1 Å². The Bertz CT molecular complexity index is 970. The van der Waals surface area contributed by atoms with Crippen molar-refractivity contribution in [2.45, 2.75) is 19.5 Å². The molecule has 2 heterocycles. The number of benzene rings is 1. The first-order valence-electron chi connectivity index (χ1n) is 9.96. The topological polar surface area (TPSA) is 121 Å². The lowest BCUT2D eigenvalue weighted by atomic mass is 10.1.